The molecule has 0 aromatic carbocycles. The molecule has 1 rings (SSSR count). The maximum absolute atomic E-state index is 10.9. The van der Waals surface area contributed by atoms with Crippen LogP contribution in [0, 0.1) is 23.0 Å². The fraction of sp³-hybridized carbons (Fsp3) is 0.643. The first kappa shape index (κ1) is 15.4. The second-order valence-electron chi connectivity index (χ2n) is 5.45. The third-order valence-electron chi connectivity index (χ3n) is 3.01. The summed E-state index contributed by atoms with van der Waals surface area (Å²) in [5, 5.41) is 14.1. The van der Waals surface area contributed by atoms with Gasteiger partial charge >= 0.3 is 5.69 Å². The van der Waals surface area contributed by atoms with E-state index in [-0.39, 0.29) is 11.7 Å². The topological polar surface area (TPSA) is 68.1 Å². The Bertz CT molecular complexity index is 433. The standard InChI is InChI=1S/C14H23N3O2/c1-10(2)6-5-7-11(3)15-14-13(17(18)19)9-8-12(4)16-14/h8-11H,5-7H2,1-4H3,(H,15,16). The Morgan fingerprint density at radius 2 is 2.00 bits per heavy atom. The van der Waals surface area contributed by atoms with Gasteiger partial charge in [-0.15, -0.1) is 0 Å². The highest BCUT2D eigenvalue weighted by atomic mass is 16.6. The van der Waals surface area contributed by atoms with Crippen molar-refractivity contribution in [2.45, 2.75) is 53.0 Å². The van der Waals surface area contributed by atoms with Crippen LogP contribution in [0.1, 0.15) is 45.7 Å². The quantitative estimate of drug-likeness (QED) is 0.599. The van der Waals surface area contributed by atoms with Gasteiger partial charge in [0.05, 0.1) is 4.92 Å². The van der Waals surface area contributed by atoms with Crippen LogP contribution in [0.2, 0.25) is 0 Å². The SMILES string of the molecule is Cc1ccc([N+](=O)[O-])c(NC(C)CCCC(C)C)n1. The number of anilines is 1. The van der Waals surface area contributed by atoms with E-state index < -0.39 is 4.92 Å². The number of nitrogens with one attached hydrogen (secondary N) is 1. The molecule has 1 N–H and O–H groups in total. The lowest BCUT2D eigenvalue weighted by molar-refractivity contribution is -0.384. The lowest BCUT2D eigenvalue weighted by atomic mass is 10.0. The Kier molecular flexibility index (Phi) is 5.73. The maximum atomic E-state index is 10.9. The Balaban J connectivity index is 2.65. The summed E-state index contributed by atoms with van der Waals surface area (Å²) in [6.45, 7) is 8.27. The van der Waals surface area contributed by atoms with Crippen LogP contribution in [0.4, 0.5) is 11.5 Å². The number of rotatable bonds is 7. The molecule has 19 heavy (non-hydrogen) atoms. The molecule has 1 aromatic rings. The first-order valence-corrected chi connectivity index (χ1v) is 6.78. The molecule has 0 saturated carbocycles. The van der Waals surface area contributed by atoms with Crippen LogP contribution >= 0.6 is 0 Å². The molecule has 1 unspecified atom stereocenters. The zero-order valence-corrected chi connectivity index (χ0v) is 12.1. The molecule has 5 heteroatoms. The number of aryl methyl sites for hydroxylation is 1. The first-order valence-electron chi connectivity index (χ1n) is 6.78. The zero-order chi connectivity index (χ0) is 14.4. The molecule has 0 aliphatic heterocycles. The van der Waals surface area contributed by atoms with Crippen molar-refractivity contribution in [2.75, 3.05) is 5.32 Å². The van der Waals surface area contributed by atoms with Crippen molar-refractivity contribution in [3.8, 4) is 0 Å². The summed E-state index contributed by atoms with van der Waals surface area (Å²) in [4.78, 5) is 14.8. The second kappa shape index (κ2) is 7.07. The van der Waals surface area contributed by atoms with Crippen LogP contribution in [0.3, 0.4) is 0 Å². The fourth-order valence-electron chi connectivity index (χ4n) is 1.94. The van der Waals surface area contributed by atoms with Gasteiger partial charge in [0.15, 0.2) is 0 Å². The van der Waals surface area contributed by atoms with E-state index >= 15 is 0 Å². The number of nitrogens with zero attached hydrogens (tertiary/aromatic N) is 2. The third kappa shape index (κ3) is 5.24. The van der Waals surface area contributed by atoms with Crippen molar-refractivity contribution in [1.82, 2.24) is 4.98 Å². The van der Waals surface area contributed by atoms with Gasteiger partial charge < -0.3 is 5.32 Å². The molecule has 0 aliphatic carbocycles. The largest absolute Gasteiger partial charge is 0.362 e. The summed E-state index contributed by atoms with van der Waals surface area (Å²) in [6, 6.07) is 3.35. The number of hydrogen-bond donors (Lipinski definition) is 1. The summed E-state index contributed by atoms with van der Waals surface area (Å²) in [6.07, 6.45) is 3.28. The van der Waals surface area contributed by atoms with E-state index in [1.165, 1.54) is 12.5 Å². The molecule has 0 amide bonds. The Labute approximate surface area is 114 Å². The van der Waals surface area contributed by atoms with Crippen LogP contribution in [0.5, 0.6) is 0 Å². The predicted octanol–water partition coefficient (Wildman–Crippen LogP) is 3.92. The third-order valence-corrected chi connectivity index (χ3v) is 3.01. The molecular formula is C14H23N3O2. The number of nitro groups is 1. The molecule has 1 aromatic heterocycles. The van der Waals surface area contributed by atoms with Gasteiger partial charge in [-0.25, -0.2) is 4.98 Å². The minimum absolute atomic E-state index is 0.0429. The Hall–Kier alpha value is -1.65. The summed E-state index contributed by atoms with van der Waals surface area (Å²) in [7, 11) is 0. The second-order valence-corrected chi connectivity index (χ2v) is 5.45. The number of hydrogen-bond acceptors (Lipinski definition) is 4. The molecule has 0 aliphatic rings. The fourth-order valence-corrected chi connectivity index (χ4v) is 1.94. The van der Waals surface area contributed by atoms with Crippen molar-refractivity contribution in [3.63, 3.8) is 0 Å². The van der Waals surface area contributed by atoms with E-state index in [0.717, 1.165) is 18.5 Å². The van der Waals surface area contributed by atoms with Crippen molar-refractivity contribution >= 4 is 11.5 Å². The summed E-state index contributed by atoms with van der Waals surface area (Å²) < 4.78 is 0. The van der Waals surface area contributed by atoms with E-state index in [1.54, 1.807) is 6.07 Å². The smallest absolute Gasteiger partial charge is 0.311 e. The molecule has 0 radical (unpaired) electrons. The molecule has 1 atom stereocenters. The Morgan fingerprint density at radius 1 is 1.32 bits per heavy atom. The van der Waals surface area contributed by atoms with Crippen molar-refractivity contribution in [3.05, 3.63) is 27.9 Å². The highest BCUT2D eigenvalue weighted by Crippen LogP contribution is 2.23. The molecule has 0 fully saturated rings. The lowest BCUT2D eigenvalue weighted by Gasteiger charge is -2.15. The van der Waals surface area contributed by atoms with Crippen molar-refractivity contribution < 1.29 is 4.92 Å². The normalized spacial score (nSPS) is 12.5. The minimum atomic E-state index is -0.393. The molecular weight excluding hydrogens is 242 g/mol. The molecule has 0 saturated heterocycles. The van der Waals surface area contributed by atoms with Gasteiger partial charge in [0.1, 0.15) is 0 Å². The minimum Gasteiger partial charge on any atom is -0.362 e. The highest BCUT2D eigenvalue weighted by molar-refractivity contribution is 5.56. The van der Waals surface area contributed by atoms with Crippen LogP contribution in [-0.4, -0.2) is 15.9 Å². The van der Waals surface area contributed by atoms with Gasteiger partial charge in [0.25, 0.3) is 0 Å². The van der Waals surface area contributed by atoms with Crippen LogP contribution in [0.15, 0.2) is 12.1 Å². The van der Waals surface area contributed by atoms with Gasteiger partial charge in [-0.1, -0.05) is 26.7 Å². The molecule has 5 nitrogen and oxygen atoms in total. The average molecular weight is 265 g/mol. The average Bonchev–Trinajstić information content (AvgIpc) is 2.27. The van der Waals surface area contributed by atoms with E-state index in [1.807, 2.05) is 13.8 Å². The maximum Gasteiger partial charge on any atom is 0.311 e. The predicted molar refractivity (Wildman–Crippen MR) is 77.4 cm³/mol. The van der Waals surface area contributed by atoms with Crippen LogP contribution in [-0.2, 0) is 0 Å². The van der Waals surface area contributed by atoms with E-state index in [9.17, 15) is 10.1 Å². The van der Waals surface area contributed by atoms with Crippen LogP contribution in [0.25, 0.3) is 0 Å². The molecule has 0 bridgehead atoms. The van der Waals surface area contributed by atoms with E-state index in [0.29, 0.717) is 11.7 Å². The molecule has 0 spiro atoms. The first-order chi connectivity index (χ1) is 8.90. The molecule has 1 heterocycles. The monoisotopic (exact) mass is 265 g/mol. The van der Waals surface area contributed by atoms with Gasteiger partial charge in [0, 0.05) is 17.8 Å². The van der Waals surface area contributed by atoms with Crippen LogP contribution < -0.4 is 5.32 Å². The van der Waals surface area contributed by atoms with Gasteiger partial charge in [0.2, 0.25) is 5.82 Å². The van der Waals surface area contributed by atoms with Gasteiger partial charge in [-0.3, -0.25) is 10.1 Å². The Morgan fingerprint density at radius 3 is 2.58 bits per heavy atom. The zero-order valence-electron chi connectivity index (χ0n) is 12.1. The van der Waals surface area contributed by atoms with Gasteiger partial charge in [-0.2, -0.15) is 0 Å². The van der Waals surface area contributed by atoms with E-state index in [2.05, 4.69) is 24.1 Å². The lowest BCUT2D eigenvalue weighted by Crippen LogP contribution is -2.17. The summed E-state index contributed by atoms with van der Waals surface area (Å²) >= 11 is 0. The summed E-state index contributed by atoms with van der Waals surface area (Å²) in [5.41, 5.74) is 0.823. The van der Waals surface area contributed by atoms with Crippen molar-refractivity contribution in [2.24, 2.45) is 5.92 Å². The van der Waals surface area contributed by atoms with Gasteiger partial charge in [-0.05, 0) is 32.3 Å². The molecule has 106 valence electrons. The van der Waals surface area contributed by atoms with E-state index in [4.69, 9.17) is 0 Å². The highest BCUT2D eigenvalue weighted by Gasteiger charge is 2.16. The summed E-state index contributed by atoms with van der Waals surface area (Å²) in [5.74, 6) is 1.07. The van der Waals surface area contributed by atoms with Crippen molar-refractivity contribution in [1.29, 1.82) is 0 Å². The number of aromatic nitrogens is 1. The number of pyridine rings is 1.